The Morgan fingerprint density at radius 1 is 1.06 bits per heavy atom. The fourth-order valence-electron chi connectivity index (χ4n) is 3.87. The number of hydrogen-bond acceptors (Lipinski definition) is 5. The van der Waals surface area contributed by atoms with Gasteiger partial charge < -0.3 is 5.32 Å². The summed E-state index contributed by atoms with van der Waals surface area (Å²) in [6.07, 6.45) is 2.21. The third kappa shape index (κ3) is 4.19. The molecule has 0 aliphatic heterocycles. The number of nitrogens with one attached hydrogen (secondary N) is 1. The van der Waals surface area contributed by atoms with E-state index >= 15 is 0 Å². The number of anilines is 1. The van der Waals surface area contributed by atoms with E-state index in [0.29, 0.717) is 16.8 Å². The molecular formula is C25H26N6O2S. The number of nitrogens with zero attached hydrogens (tertiary/aromatic N) is 5. The molecule has 34 heavy (non-hydrogen) atoms. The predicted molar refractivity (Wildman–Crippen MR) is 133 cm³/mol. The van der Waals surface area contributed by atoms with Gasteiger partial charge in [-0.3, -0.25) is 14.3 Å². The van der Waals surface area contributed by atoms with E-state index in [-0.39, 0.29) is 17.2 Å². The van der Waals surface area contributed by atoms with Crippen LogP contribution in [0.5, 0.6) is 0 Å². The topological polar surface area (TPSA) is 86.7 Å². The van der Waals surface area contributed by atoms with Gasteiger partial charge in [0.25, 0.3) is 5.56 Å². The first-order chi connectivity index (χ1) is 16.4. The molecule has 1 aliphatic carbocycles. The van der Waals surface area contributed by atoms with Crippen molar-refractivity contribution in [2.75, 3.05) is 5.32 Å². The Balaban J connectivity index is 1.36. The number of carbonyl (C=O) groups excluding carboxylic acids is 1. The molecule has 0 radical (unpaired) electrons. The van der Waals surface area contributed by atoms with Crippen LogP contribution < -0.4 is 10.9 Å². The Labute approximate surface area is 201 Å². The molecule has 1 saturated carbocycles. The van der Waals surface area contributed by atoms with E-state index in [1.54, 1.807) is 23.3 Å². The number of hydrogen-bond donors (Lipinski definition) is 1. The maximum atomic E-state index is 13.1. The van der Waals surface area contributed by atoms with Crippen LogP contribution in [-0.4, -0.2) is 35.3 Å². The molecule has 1 N–H and O–H groups in total. The highest BCUT2D eigenvalue weighted by atomic mass is 32.2. The van der Waals surface area contributed by atoms with Crippen LogP contribution in [0.3, 0.4) is 0 Å². The molecular weight excluding hydrogens is 448 g/mol. The Morgan fingerprint density at radius 2 is 1.68 bits per heavy atom. The van der Waals surface area contributed by atoms with Crippen LogP contribution in [0, 0.1) is 6.92 Å². The molecule has 2 aromatic heterocycles. The van der Waals surface area contributed by atoms with Gasteiger partial charge in [-0.1, -0.05) is 48.2 Å². The lowest BCUT2D eigenvalue weighted by Crippen LogP contribution is -2.27. The second-order valence-corrected chi connectivity index (χ2v) is 9.77. The largest absolute Gasteiger partial charge is 0.319 e. The van der Waals surface area contributed by atoms with Crippen LogP contribution in [0.2, 0.25) is 0 Å². The zero-order valence-electron chi connectivity index (χ0n) is 19.3. The maximum absolute atomic E-state index is 13.1. The highest BCUT2D eigenvalue weighted by Crippen LogP contribution is 2.40. The summed E-state index contributed by atoms with van der Waals surface area (Å²) in [5.41, 5.74) is 2.40. The van der Waals surface area contributed by atoms with Crippen molar-refractivity contribution < 1.29 is 4.79 Å². The van der Waals surface area contributed by atoms with Crippen molar-refractivity contribution in [3.63, 3.8) is 0 Å². The summed E-state index contributed by atoms with van der Waals surface area (Å²) in [7, 11) is 1.80. The van der Waals surface area contributed by atoms with Crippen molar-refractivity contribution in [3.05, 3.63) is 82.5 Å². The van der Waals surface area contributed by atoms with E-state index in [0.717, 1.165) is 30.0 Å². The molecule has 1 amide bonds. The van der Waals surface area contributed by atoms with Crippen molar-refractivity contribution in [1.82, 2.24) is 24.1 Å². The first kappa shape index (κ1) is 22.2. The van der Waals surface area contributed by atoms with E-state index < -0.39 is 5.25 Å². The molecule has 0 spiro atoms. The third-order valence-corrected chi connectivity index (χ3v) is 6.96. The lowest BCUT2D eigenvalue weighted by Gasteiger charge is -2.09. The molecule has 8 nitrogen and oxygen atoms in total. The van der Waals surface area contributed by atoms with E-state index in [2.05, 4.69) is 10.4 Å². The van der Waals surface area contributed by atoms with Gasteiger partial charge in [0, 0.05) is 13.0 Å². The number of carbonyl (C=O) groups is 1. The number of para-hydroxylation sites is 2. The quantitative estimate of drug-likeness (QED) is 0.408. The molecule has 4 aromatic rings. The van der Waals surface area contributed by atoms with Crippen LogP contribution in [0.15, 0.2) is 70.6 Å². The minimum Gasteiger partial charge on any atom is -0.319 e. The molecule has 0 unspecified atom stereocenters. The van der Waals surface area contributed by atoms with Crippen molar-refractivity contribution in [1.29, 1.82) is 0 Å². The molecule has 9 heteroatoms. The van der Waals surface area contributed by atoms with Gasteiger partial charge in [-0.25, -0.2) is 14.3 Å². The summed E-state index contributed by atoms with van der Waals surface area (Å²) in [5, 5.41) is 7.60. The number of rotatable bonds is 7. The normalized spacial score (nSPS) is 14.2. The van der Waals surface area contributed by atoms with Crippen molar-refractivity contribution in [2.45, 2.75) is 43.0 Å². The van der Waals surface area contributed by atoms with Crippen molar-refractivity contribution >= 4 is 23.4 Å². The second kappa shape index (κ2) is 8.98. The van der Waals surface area contributed by atoms with Gasteiger partial charge in [-0.05, 0) is 51.0 Å². The lowest BCUT2D eigenvalue weighted by molar-refractivity contribution is -0.115. The van der Waals surface area contributed by atoms with Crippen molar-refractivity contribution in [2.24, 2.45) is 7.05 Å². The monoisotopic (exact) mass is 474 g/mol. The first-order valence-electron chi connectivity index (χ1n) is 11.3. The minimum atomic E-state index is -0.483. The van der Waals surface area contributed by atoms with E-state index in [1.807, 2.05) is 72.3 Å². The Morgan fingerprint density at radius 3 is 2.29 bits per heavy atom. The number of benzene rings is 2. The zero-order chi connectivity index (χ0) is 23.8. The molecule has 1 fully saturated rings. The van der Waals surface area contributed by atoms with E-state index in [4.69, 9.17) is 4.98 Å². The molecule has 2 heterocycles. The van der Waals surface area contributed by atoms with Gasteiger partial charge in [0.15, 0.2) is 0 Å². The number of aromatic nitrogens is 5. The highest BCUT2D eigenvalue weighted by Gasteiger charge is 2.31. The molecule has 174 valence electrons. The average molecular weight is 475 g/mol. The van der Waals surface area contributed by atoms with Crippen LogP contribution >= 0.6 is 11.8 Å². The lowest BCUT2D eigenvalue weighted by atomic mass is 10.3. The zero-order valence-corrected chi connectivity index (χ0v) is 20.1. The minimum absolute atomic E-state index is 0.264. The first-order valence-corrected chi connectivity index (χ1v) is 12.2. The fourth-order valence-corrected chi connectivity index (χ4v) is 4.63. The summed E-state index contributed by atoms with van der Waals surface area (Å²) >= 11 is 1.29. The van der Waals surface area contributed by atoms with Crippen LogP contribution in [0.4, 0.5) is 5.69 Å². The van der Waals surface area contributed by atoms with Gasteiger partial charge >= 0.3 is 0 Å². The Kier molecular flexibility index (Phi) is 5.87. The highest BCUT2D eigenvalue weighted by molar-refractivity contribution is 8.00. The summed E-state index contributed by atoms with van der Waals surface area (Å²) in [6, 6.07) is 19.3. The summed E-state index contributed by atoms with van der Waals surface area (Å²) in [6.45, 7) is 3.62. The van der Waals surface area contributed by atoms with Crippen LogP contribution in [0.25, 0.3) is 11.4 Å². The third-order valence-electron chi connectivity index (χ3n) is 6.01. The molecule has 0 bridgehead atoms. The second-order valence-electron chi connectivity index (χ2n) is 8.46. The molecule has 1 atom stereocenters. The van der Waals surface area contributed by atoms with Crippen LogP contribution in [-0.2, 0) is 11.8 Å². The predicted octanol–water partition coefficient (Wildman–Crippen LogP) is 4.06. The van der Waals surface area contributed by atoms with Gasteiger partial charge in [0.05, 0.1) is 22.3 Å². The molecule has 1 aliphatic rings. The summed E-state index contributed by atoms with van der Waals surface area (Å²) < 4.78 is 5.17. The van der Waals surface area contributed by atoms with Gasteiger partial charge in [0.1, 0.15) is 11.5 Å². The van der Waals surface area contributed by atoms with Crippen LogP contribution in [0.1, 0.15) is 37.2 Å². The molecule has 2 aromatic carbocycles. The summed E-state index contributed by atoms with van der Waals surface area (Å²) in [5.74, 6) is 1.08. The average Bonchev–Trinajstić information content (AvgIpc) is 3.58. The van der Waals surface area contributed by atoms with Gasteiger partial charge in [0.2, 0.25) is 11.1 Å². The van der Waals surface area contributed by atoms with Gasteiger partial charge in [-0.2, -0.15) is 0 Å². The maximum Gasteiger partial charge on any atom is 0.295 e. The Bertz CT molecular complexity index is 1390. The smallest absolute Gasteiger partial charge is 0.295 e. The fraction of sp³-hybridized carbons (Fsp3) is 0.280. The van der Waals surface area contributed by atoms with E-state index in [9.17, 15) is 9.59 Å². The van der Waals surface area contributed by atoms with Crippen molar-refractivity contribution in [3.8, 4) is 11.4 Å². The standard InChI is InChI=1S/C25H26N6O2S/c1-16-21(24(33)31(29(16)3)20-12-8-5-9-13-20)26-23(32)17(2)34-25-27-22(18-14-15-18)30(28-25)19-10-6-4-7-11-19/h4-13,17-18H,14-15H2,1-3H3,(H,26,32)/t17-/m1/s1. The molecule has 5 rings (SSSR count). The molecule has 0 saturated heterocycles. The van der Waals surface area contributed by atoms with E-state index in [1.165, 1.54) is 11.8 Å². The Hall–Kier alpha value is -3.59. The number of thioether (sulfide) groups is 1. The SMILES string of the molecule is Cc1c(NC(=O)[C@@H](C)Sc2nc(C3CC3)n(-c3ccccc3)n2)c(=O)n(-c2ccccc2)n1C. The van der Waals surface area contributed by atoms with Gasteiger partial charge in [-0.15, -0.1) is 5.10 Å². The number of amides is 1. The summed E-state index contributed by atoms with van der Waals surface area (Å²) in [4.78, 5) is 30.9.